The van der Waals surface area contributed by atoms with E-state index in [1.165, 1.54) is 6.20 Å². The predicted molar refractivity (Wildman–Crippen MR) is 75.6 cm³/mol. The predicted octanol–water partition coefficient (Wildman–Crippen LogP) is 2.25. The number of hydrogen-bond donors (Lipinski definition) is 2. The highest BCUT2D eigenvalue weighted by atomic mass is 19.1. The molecule has 5 nitrogen and oxygen atoms in total. The molecule has 4 N–H and O–H groups in total. The van der Waals surface area contributed by atoms with Crippen LogP contribution in [0.4, 0.5) is 16.0 Å². The van der Waals surface area contributed by atoms with Crippen LogP contribution in [0.1, 0.15) is 17.4 Å². The molecule has 0 saturated heterocycles. The normalized spacial score (nSPS) is 12.4. The zero-order chi connectivity index (χ0) is 14.1. The molecule has 3 aromatic rings. The Morgan fingerprint density at radius 2 is 1.90 bits per heavy atom. The van der Waals surface area contributed by atoms with Crippen LogP contribution in [0.25, 0.3) is 10.9 Å². The summed E-state index contributed by atoms with van der Waals surface area (Å²) in [6.45, 7) is 0. The number of aromatic nitrogens is 3. The number of nitrogens with two attached hydrogens (primary N) is 2. The summed E-state index contributed by atoms with van der Waals surface area (Å²) in [6, 6.07) is 8.86. The number of pyridine rings is 1. The van der Waals surface area contributed by atoms with Gasteiger partial charge in [-0.25, -0.2) is 14.4 Å². The Labute approximate surface area is 114 Å². The summed E-state index contributed by atoms with van der Waals surface area (Å²) >= 11 is 0. The Hall–Kier alpha value is -2.76. The number of rotatable bonds is 2. The maximum atomic E-state index is 14.5. The third kappa shape index (κ3) is 2.11. The van der Waals surface area contributed by atoms with E-state index < -0.39 is 6.17 Å². The summed E-state index contributed by atoms with van der Waals surface area (Å²) in [5.74, 6) is 0.135. The van der Waals surface area contributed by atoms with Gasteiger partial charge in [0.15, 0.2) is 17.8 Å². The molecule has 0 aliphatic heterocycles. The van der Waals surface area contributed by atoms with Gasteiger partial charge in [0.05, 0.1) is 11.7 Å². The first kappa shape index (κ1) is 12.3. The van der Waals surface area contributed by atoms with Crippen molar-refractivity contribution in [1.82, 2.24) is 15.0 Å². The van der Waals surface area contributed by atoms with Gasteiger partial charge in [-0.1, -0.05) is 12.1 Å². The van der Waals surface area contributed by atoms with Crippen LogP contribution in [0.15, 0.2) is 42.7 Å². The van der Waals surface area contributed by atoms with Crippen molar-refractivity contribution in [1.29, 1.82) is 0 Å². The highest BCUT2D eigenvalue weighted by Crippen LogP contribution is 2.27. The van der Waals surface area contributed by atoms with E-state index in [9.17, 15) is 4.39 Å². The average Bonchev–Trinajstić information content (AvgIpc) is 2.49. The Balaban J connectivity index is 2.02. The molecule has 0 aliphatic rings. The lowest BCUT2D eigenvalue weighted by atomic mass is 10.1. The number of halogens is 1. The van der Waals surface area contributed by atoms with Gasteiger partial charge in [-0.15, -0.1) is 0 Å². The average molecular weight is 269 g/mol. The lowest BCUT2D eigenvalue weighted by Gasteiger charge is -2.10. The van der Waals surface area contributed by atoms with E-state index in [-0.39, 0.29) is 17.3 Å². The van der Waals surface area contributed by atoms with Gasteiger partial charge in [0.25, 0.3) is 0 Å². The van der Waals surface area contributed by atoms with Crippen molar-refractivity contribution in [3.05, 3.63) is 54.0 Å². The monoisotopic (exact) mass is 269 g/mol. The second-order valence-electron chi connectivity index (χ2n) is 4.38. The second-order valence-corrected chi connectivity index (χ2v) is 4.38. The van der Waals surface area contributed by atoms with E-state index in [1.54, 1.807) is 30.5 Å². The molecular formula is C14H12FN5. The number of nitrogen functional groups attached to an aromatic ring is 2. The maximum absolute atomic E-state index is 14.5. The standard InChI is InChI=1S/C14H12FN5/c15-12(11-7-19-13(16)14(17)20-11)9-3-4-10-8(6-9)2-1-5-18-10/h1-7,12H,(H2,16,19)(H2,17,20). The Kier molecular flexibility index (Phi) is 2.90. The van der Waals surface area contributed by atoms with E-state index in [4.69, 9.17) is 11.5 Å². The summed E-state index contributed by atoms with van der Waals surface area (Å²) in [4.78, 5) is 11.9. The second kappa shape index (κ2) is 4.73. The van der Waals surface area contributed by atoms with Gasteiger partial charge in [-0.05, 0) is 23.8 Å². The molecule has 0 aliphatic carbocycles. The van der Waals surface area contributed by atoms with Gasteiger partial charge in [0.1, 0.15) is 5.69 Å². The van der Waals surface area contributed by atoms with Gasteiger partial charge in [-0.2, -0.15) is 0 Å². The Morgan fingerprint density at radius 3 is 2.70 bits per heavy atom. The summed E-state index contributed by atoms with van der Waals surface area (Å²) in [5.41, 5.74) is 12.5. The molecule has 3 rings (SSSR count). The largest absolute Gasteiger partial charge is 0.381 e. The van der Waals surface area contributed by atoms with Crippen LogP contribution in [0.3, 0.4) is 0 Å². The molecular weight excluding hydrogens is 257 g/mol. The SMILES string of the molecule is Nc1ncc(C(F)c2ccc3ncccc3c2)nc1N. The summed E-state index contributed by atoms with van der Waals surface area (Å²) in [7, 11) is 0. The zero-order valence-corrected chi connectivity index (χ0v) is 10.5. The van der Waals surface area contributed by atoms with Gasteiger partial charge < -0.3 is 11.5 Å². The quantitative estimate of drug-likeness (QED) is 0.744. The third-order valence-electron chi connectivity index (χ3n) is 3.03. The van der Waals surface area contributed by atoms with E-state index in [2.05, 4.69) is 15.0 Å². The number of fused-ring (bicyclic) bond motifs is 1. The van der Waals surface area contributed by atoms with Crippen molar-refractivity contribution in [2.75, 3.05) is 11.5 Å². The molecule has 100 valence electrons. The molecule has 0 bridgehead atoms. The van der Waals surface area contributed by atoms with E-state index >= 15 is 0 Å². The van der Waals surface area contributed by atoms with Crippen molar-refractivity contribution in [2.24, 2.45) is 0 Å². The minimum absolute atomic E-state index is 0.0348. The lowest BCUT2D eigenvalue weighted by Crippen LogP contribution is -2.06. The van der Waals surface area contributed by atoms with Crippen LogP contribution >= 0.6 is 0 Å². The van der Waals surface area contributed by atoms with Crippen molar-refractivity contribution in [3.8, 4) is 0 Å². The van der Waals surface area contributed by atoms with E-state index in [0.29, 0.717) is 5.56 Å². The highest BCUT2D eigenvalue weighted by molar-refractivity contribution is 5.79. The molecule has 2 aromatic heterocycles. The highest BCUT2D eigenvalue weighted by Gasteiger charge is 2.16. The third-order valence-corrected chi connectivity index (χ3v) is 3.03. The van der Waals surface area contributed by atoms with Gasteiger partial charge in [0, 0.05) is 11.6 Å². The maximum Gasteiger partial charge on any atom is 0.169 e. The van der Waals surface area contributed by atoms with Gasteiger partial charge in [0.2, 0.25) is 0 Å². The fourth-order valence-electron chi connectivity index (χ4n) is 1.97. The fraction of sp³-hybridized carbons (Fsp3) is 0.0714. The molecule has 1 atom stereocenters. The van der Waals surface area contributed by atoms with Crippen LogP contribution in [-0.2, 0) is 0 Å². The van der Waals surface area contributed by atoms with Crippen molar-refractivity contribution >= 4 is 22.5 Å². The fourth-order valence-corrected chi connectivity index (χ4v) is 1.97. The molecule has 1 aromatic carbocycles. The first-order valence-electron chi connectivity index (χ1n) is 6.02. The number of alkyl halides is 1. The number of hydrogen-bond acceptors (Lipinski definition) is 5. The van der Waals surface area contributed by atoms with Crippen LogP contribution in [-0.4, -0.2) is 15.0 Å². The zero-order valence-electron chi connectivity index (χ0n) is 10.5. The van der Waals surface area contributed by atoms with E-state index in [0.717, 1.165) is 10.9 Å². The number of benzene rings is 1. The Morgan fingerprint density at radius 1 is 1.05 bits per heavy atom. The van der Waals surface area contributed by atoms with Crippen LogP contribution in [0.2, 0.25) is 0 Å². The molecule has 2 heterocycles. The summed E-state index contributed by atoms with van der Waals surface area (Å²) in [6.07, 6.45) is 1.58. The van der Waals surface area contributed by atoms with Crippen LogP contribution < -0.4 is 11.5 Å². The number of anilines is 2. The molecule has 0 saturated carbocycles. The van der Waals surface area contributed by atoms with Crippen molar-refractivity contribution in [3.63, 3.8) is 0 Å². The number of nitrogens with zero attached hydrogens (tertiary/aromatic N) is 3. The molecule has 0 amide bonds. The van der Waals surface area contributed by atoms with Gasteiger partial charge >= 0.3 is 0 Å². The van der Waals surface area contributed by atoms with Crippen LogP contribution in [0.5, 0.6) is 0 Å². The Bertz CT molecular complexity index is 774. The first-order chi connectivity index (χ1) is 9.65. The van der Waals surface area contributed by atoms with Crippen molar-refractivity contribution in [2.45, 2.75) is 6.17 Å². The molecule has 6 heteroatoms. The first-order valence-corrected chi connectivity index (χ1v) is 6.02. The summed E-state index contributed by atoms with van der Waals surface area (Å²) in [5, 5.41) is 0.865. The van der Waals surface area contributed by atoms with Crippen LogP contribution in [0, 0.1) is 0 Å². The minimum atomic E-state index is -1.41. The molecule has 0 spiro atoms. The van der Waals surface area contributed by atoms with E-state index in [1.807, 2.05) is 6.07 Å². The lowest BCUT2D eigenvalue weighted by molar-refractivity contribution is 0.393. The molecule has 20 heavy (non-hydrogen) atoms. The minimum Gasteiger partial charge on any atom is -0.381 e. The smallest absolute Gasteiger partial charge is 0.169 e. The molecule has 0 radical (unpaired) electrons. The molecule has 0 fully saturated rings. The van der Waals surface area contributed by atoms with Crippen molar-refractivity contribution < 1.29 is 4.39 Å². The topological polar surface area (TPSA) is 90.7 Å². The summed E-state index contributed by atoms with van der Waals surface area (Å²) < 4.78 is 14.5. The molecule has 1 unspecified atom stereocenters. The van der Waals surface area contributed by atoms with Gasteiger partial charge in [-0.3, -0.25) is 4.98 Å².